The summed E-state index contributed by atoms with van der Waals surface area (Å²) in [6.07, 6.45) is 6.85. The van der Waals surface area contributed by atoms with E-state index in [4.69, 9.17) is 4.74 Å². The molecular weight excluding hydrogens is 286 g/mol. The third kappa shape index (κ3) is 3.13. The first kappa shape index (κ1) is 16.1. The third-order valence-electron chi connectivity index (χ3n) is 5.85. The zero-order valence-corrected chi connectivity index (χ0v) is 14.1. The Hall–Kier alpha value is -1.82. The molecule has 0 bridgehead atoms. The third-order valence-corrected chi connectivity index (χ3v) is 5.85. The molecule has 3 nitrogen and oxygen atoms in total. The number of Topliss-reactive ketones (excluding diaryl/α,β-unsaturated/α-hetero) is 1. The van der Waals surface area contributed by atoms with E-state index in [2.05, 4.69) is 13.0 Å². The van der Waals surface area contributed by atoms with E-state index >= 15 is 0 Å². The Kier molecular flexibility index (Phi) is 4.43. The molecule has 0 amide bonds. The number of hydrogen-bond acceptors (Lipinski definition) is 3. The Morgan fingerprint density at radius 1 is 1.26 bits per heavy atom. The van der Waals surface area contributed by atoms with Gasteiger partial charge in [-0.25, -0.2) is 0 Å². The lowest BCUT2D eigenvalue weighted by Crippen LogP contribution is -2.30. The van der Waals surface area contributed by atoms with E-state index in [9.17, 15) is 10.1 Å². The van der Waals surface area contributed by atoms with Crippen LogP contribution in [0.3, 0.4) is 0 Å². The highest BCUT2D eigenvalue weighted by Crippen LogP contribution is 2.43. The van der Waals surface area contributed by atoms with Gasteiger partial charge in [-0.1, -0.05) is 0 Å². The summed E-state index contributed by atoms with van der Waals surface area (Å²) < 4.78 is 5.29. The zero-order valence-electron chi connectivity index (χ0n) is 14.1. The predicted octanol–water partition coefficient (Wildman–Crippen LogP) is 4.55. The summed E-state index contributed by atoms with van der Waals surface area (Å²) in [6, 6.07) is 8.31. The maximum Gasteiger partial charge on any atom is 0.166 e. The Balaban J connectivity index is 1.79. The number of carbonyl (C=O) groups excluding carboxylic acids is 1. The second-order valence-electron chi connectivity index (χ2n) is 7.40. The molecule has 3 rings (SSSR count). The molecule has 1 aromatic rings. The summed E-state index contributed by atoms with van der Waals surface area (Å²) in [5.41, 5.74) is 1.84. The van der Waals surface area contributed by atoms with Gasteiger partial charge in [0.15, 0.2) is 5.78 Å². The lowest BCUT2D eigenvalue weighted by atomic mass is 9.67. The topological polar surface area (TPSA) is 50.1 Å². The van der Waals surface area contributed by atoms with Crippen LogP contribution in [0.15, 0.2) is 18.2 Å². The molecule has 0 heterocycles. The van der Waals surface area contributed by atoms with Gasteiger partial charge >= 0.3 is 0 Å². The van der Waals surface area contributed by atoms with Crippen molar-refractivity contribution in [1.82, 2.24) is 0 Å². The predicted molar refractivity (Wildman–Crippen MR) is 89.4 cm³/mol. The van der Waals surface area contributed by atoms with Gasteiger partial charge < -0.3 is 4.74 Å². The molecule has 1 saturated carbocycles. The van der Waals surface area contributed by atoms with E-state index in [-0.39, 0.29) is 11.3 Å². The molecule has 1 unspecified atom stereocenters. The summed E-state index contributed by atoms with van der Waals surface area (Å²) in [5.74, 6) is 1.72. The van der Waals surface area contributed by atoms with Crippen LogP contribution in [0.2, 0.25) is 0 Å². The number of nitriles is 1. The number of ether oxygens (including phenoxy) is 1. The fraction of sp³-hybridized carbons (Fsp3) is 0.600. The van der Waals surface area contributed by atoms with Gasteiger partial charge in [-0.05, 0) is 81.5 Å². The molecule has 0 aliphatic heterocycles. The second kappa shape index (κ2) is 6.35. The van der Waals surface area contributed by atoms with Crippen molar-refractivity contribution in [2.75, 3.05) is 7.11 Å². The average molecular weight is 311 g/mol. The van der Waals surface area contributed by atoms with Crippen molar-refractivity contribution in [3.63, 3.8) is 0 Å². The number of benzene rings is 1. The van der Waals surface area contributed by atoms with Gasteiger partial charge in [-0.2, -0.15) is 5.26 Å². The fourth-order valence-electron chi connectivity index (χ4n) is 4.23. The standard InChI is InChI=1S/C20H25NO2/c1-20(13-21)10-8-14(9-11-20)17-5-3-4-15-12-16(23-2)6-7-18(15)19(17)22/h6-7,12,14,17H,3-5,8-11H2,1-2H3. The van der Waals surface area contributed by atoms with Gasteiger partial charge in [0, 0.05) is 11.5 Å². The Morgan fingerprint density at radius 3 is 2.65 bits per heavy atom. The van der Waals surface area contributed by atoms with E-state index in [0.29, 0.717) is 11.7 Å². The first-order valence-electron chi connectivity index (χ1n) is 8.69. The van der Waals surface area contributed by atoms with Crippen molar-refractivity contribution < 1.29 is 9.53 Å². The minimum absolute atomic E-state index is 0.132. The lowest BCUT2D eigenvalue weighted by Gasteiger charge is -2.35. The van der Waals surface area contributed by atoms with E-state index in [1.807, 2.05) is 18.2 Å². The number of aryl methyl sites for hydroxylation is 1. The van der Waals surface area contributed by atoms with E-state index < -0.39 is 0 Å². The molecule has 0 N–H and O–H groups in total. The quantitative estimate of drug-likeness (QED) is 0.753. The highest BCUT2D eigenvalue weighted by atomic mass is 16.5. The van der Waals surface area contributed by atoms with Crippen LogP contribution in [0.25, 0.3) is 0 Å². The minimum atomic E-state index is -0.185. The van der Waals surface area contributed by atoms with Crippen LogP contribution in [0, 0.1) is 28.6 Å². The van der Waals surface area contributed by atoms with Crippen molar-refractivity contribution in [2.45, 2.75) is 51.9 Å². The first-order valence-corrected chi connectivity index (χ1v) is 8.69. The first-order chi connectivity index (χ1) is 11.1. The van der Waals surface area contributed by atoms with Crippen LogP contribution in [-0.2, 0) is 6.42 Å². The Morgan fingerprint density at radius 2 is 2.00 bits per heavy atom. The number of carbonyl (C=O) groups is 1. The molecule has 1 fully saturated rings. The Bertz CT molecular complexity index is 636. The summed E-state index contributed by atoms with van der Waals surface area (Å²) in [5, 5.41) is 9.29. The molecule has 1 atom stereocenters. The number of ketones is 1. The Labute approximate surface area is 138 Å². The van der Waals surface area contributed by atoms with Crippen molar-refractivity contribution in [2.24, 2.45) is 17.3 Å². The van der Waals surface area contributed by atoms with E-state index in [1.165, 1.54) is 0 Å². The fourth-order valence-corrected chi connectivity index (χ4v) is 4.23. The molecule has 23 heavy (non-hydrogen) atoms. The maximum atomic E-state index is 13.1. The molecule has 2 aliphatic rings. The van der Waals surface area contributed by atoms with Crippen LogP contribution < -0.4 is 4.74 Å². The van der Waals surface area contributed by atoms with Crippen LogP contribution in [-0.4, -0.2) is 12.9 Å². The number of fused-ring (bicyclic) bond motifs is 1. The van der Waals surface area contributed by atoms with Crippen molar-refractivity contribution in [3.8, 4) is 11.8 Å². The van der Waals surface area contributed by atoms with Gasteiger partial charge in [-0.15, -0.1) is 0 Å². The molecule has 122 valence electrons. The molecular formula is C20H25NO2. The molecule has 0 spiro atoms. The molecule has 2 aliphatic carbocycles. The van der Waals surface area contributed by atoms with Gasteiger partial charge in [0.1, 0.15) is 5.75 Å². The van der Waals surface area contributed by atoms with Gasteiger partial charge in [0.25, 0.3) is 0 Å². The van der Waals surface area contributed by atoms with E-state index in [0.717, 1.165) is 61.8 Å². The van der Waals surface area contributed by atoms with Crippen LogP contribution in [0.4, 0.5) is 0 Å². The number of methoxy groups -OCH3 is 1. The van der Waals surface area contributed by atoms with Crippen molar-refractivity contribution >= 4 is 5.78 Å². The largest absolute Gasteiger partial charge is 0.497 e. The summed E-state index contributed by atoms with van der Waals surface area (Å²) in [4.78, 5) is 13.1. The molecule has 0 aromatic heterocycles. The molecule has 0 radical (unpaired) electrons. The molecule has 1 aromatic carbocycles. The summed E-state index contributed by atoms with van der Waals surface area (Å²) in [6.45, 7) is 2.06. The zero-order chi connectivity index (χ0) is 16.4. The molecule has 3 heteroatoms. The van der Waals surface area contributed by atoms with Crippen molar-refractivity contribution in [3.05, 3.63) is 29.3 Å². The smallest absolute Gasteiger partial charge is 0.166 e. The summed E-state index contributed by atoms with van der Waals surface area (Å²) in [7, 11) is 1.66. The molecule has 0 saturated heterocycles. The highest BCUT2D eigenvalue weighted by Gasteiger charge is 2.38. The normalized spacial score (nSPS) is 30.9. The van der Waals surface area contributed by atoms with Crippen LogP contribution in [0.5, 0.6) is 5.75 Å². The number of nitrogens with zero attached hydrogens (tertiary/aromatic N) is 1. The number of rotatable bonds is 2. The minimum Gasteiger partial charge on any atom is -0.497 e. The number of hydrogen-bond donors (Lipinski definition) is 0. The average Bonchev–Trinajstić information content (AvgIpc) is 2.74. The van der Waals surface area contributed by atoms with E-state index in [1.54, 1.807) is 7.11 Å². The van der Waals surface area contributed by atoms with Gasteiger partial charge in [-0.3, -0.25) is 4.79 Å². The van der Waals surface area contributed by atoms with Gasteiger partial charge in [0.2, 0.25) is 0 Å². The second-order valence-corrected chi connectivity index (χ2v) is 7.40. The van der Waals surface area contributed by atoms with Gasteiger partial charge in [0.05, 0.1) is 18.6 Å². The van der Waals surface area contributed by atoms with Crippen LogP contribution in [0.1, 0.15) is 61.4 Å². The SMILES string of the molecule is COc1ccc2c(c1)CCCC(C1CCC(C)(C#N)CC1)C2=O. The van der Waals surface area contributed by atoms with Crippen LogP contribution >= 0.6 is 0 Å². The monoisotopic (exact) mass is 311 g/mol. The maximum absolute atomic E-state index is 13.1. The van der Waals surface area contributed by atoms with Crippen molar-refractivity contribution in [1.29, 1.82) is 5.26 Å². The highest BCUT2D eigenvalue weighted by molar-refractivity contribution is 5.99. The summed E-state index contributed by atoms with van der Waals surface area (Å²) >= 11 is 0. The lowest BCUT2D eigenvalue weighted by molar-refractivity contribution is 0.0803.